The number of carbonyl (C=O) groups excluding carboxylic acids is 1. The van der Waals surface area contributed by atoms with Crippen LogP contribution in [0.4, 0.5) is 10.5 Å². The Morgan fingerprint density at radius 2 is 1.96 bits per heavy atom. The second kappa shape index (κ2) is 5.99. The molecule has 0 aliphatic carbocycles. The highest BCUT2D eigenvalue weighted by molar-refractivity contribution is 6.32. The number of methoxy groups -OCH3 is 2. The second-order valence-electron chi connectivity index (χ2n) is 6.52. The Kier molecular flexibility index (Phi) is 3.88. The molecule has 2 amide bonds. The predicted molar refractivity (Wildman–Crippen MR) is 98.4 cm³/mol. The number of nitrogens with zero attached hydrogens (tertiary/aromatic N) is 1. The van der Waals surface area contributed by atoms with Crippen LogP contribution in [0.5, 0.6) is 17.2 Å². The van der Waals surface area contributed by atoms with Crippen LogP contribution in [0, 0.1) is 0 Å². The summed E-state index contributed by atoms with van der Waals surface area (Å²) in [6.45, 7) is 1.90. The summed E-state index contributed by atoms with van der Waals surface area (Å²) < 4.78 is 17.0. The van der Waals surface area contributed by atoms with Gasteiger partial charge in [0.05, 0.1) is 31.0 Å². The van der Waals surface area contributed by atoms with Gasteiger partial charge in [-0.25, -0.2) is 4.79 Å². The molecule has 2 aromatic carbocycles. The maximum absolute atomic E-state index is 13.0. The van der Waals surface area contributed by atoms with Crippen molar-refractivity contribution in [1.82, 2.24) is 5.32 Å². The fourth-order valence-corrected chi connectivity index (χ4v) is 3.94. The molecule has 6 nitrogen and oxygen atoms in total. The van der Waals surface area contributed by atoms with Crippen molar-refractivity contribution in [3.8, 4) is 17.2 Å². The first-order chi connectivity index (χ1) is 12.5. The number of amides is 2. The Bertz CT molecular complexity index is 888. The van der Waals surface area contributed by atoms with Crippen molar-refractivity contribution in [2.75, 3.05) is 19.1 Å². The minimum absolute atomic E-state index is 0.103. The van der Waals surface area contributed by atoms with Crippen molar-refractivity contribution in [3.05, 3.63) is 47.0 Å². The molecule has 1 saturated heterocycles. The van der Waals surface area contributed by atoms with Gasteiger partial charge in [-0.2, -0.15) is 0 Å². The van der Waals surface area contributed by atoms with Gasteiger partial charge < -0.3 is 19.5 Å². The average molecular weight is 375 g/mol. The third-order valence-corrected chi connectivity index (χ3v) is 5.17. The van der Waals surface area contributed by atoms with Crippen molar-refractivity contribution >= 4 is 23.3 Å². The van der Waals surface area contributed by atoms with Gasteiger partial charge in [-0.3, -0.25) is 4.90 Å². The summed E-state index contributed by atoms with van der Waals surface area (Å²) in [6, 6.07) is 10.7. The van der Waals surface area contributed by atoms with Crippen LogP contribution in [0.3, 0.4) is 0 Å². The molecular weight excluding hydrogens is 356 g/mol. The standard InChI is InChI=1S/C19H19ClN2O4/c1-19-10-13(11-6-4-5-7-15(11)26-19)21-18(23)22(19)14-8-12(20)16(24-2)9-17(14)25-3/h4-9,13H,10H2,1-3H3,(H,21,23). The van der Waals surface area contributed by atoms with E-state index in [-0.39, 0.29) is 12.1 Å². The van der Waals surface area contributed by atoms with E-state index in [2.05, 4.69) is 5.32 Å². The van der Waals surface area contributed by atoms with E-state index in [9.17, 15) is 4.79 Å². The summed E-state index contributed by atoms with van der Waals surface area (Å²) in [4.78, 5) is 14.5. The van der Waals surface area contributed by atoms with Gasteiger partial charge in [0.25, 0.3) is 0 Å². The highest BCUT2D eigenvalue weighted by Crippen LogP contribution is 2.48. The Labute approximate surface area is 156 Å². The zero-order valence-electron chi connectivity index (χ0n) is 14.7. The van der Waals surface area contributed by atoms with E-state index in [4.69, 9.17) is 25.8 Å². The number of urea groups is 1. The summed E-state index contributed by atoms with van der Waals surface area (Å²) in [5, 5.41) is 3.44. The molecular formula is C19H19ClN2O4. The Morgan fingerprint density at radius 3 is 2.69 bits per heavy atom. The number of hydrogen-bond acceptors (Lipinski definition) is 4. The Hall–Kier alpha value is -2.60. The monoisotopic (exact) mass is 374 g/mol. The first kappa shape index (κ1) is 16.8. The maximum atomic E-state index is 13.0. The van der Waals surface area contributed by atoms with E-state index in [0.29, 0.717) is 28.6 Å². The van der Waals surface area contributed by atoms with Crippen molar-refractivity contribution in [2.45, 2.75) is 25.1 Å². The molecule has 2 unspecified atom stereocenters. The summed E-state index contributed by atoms with van der Waals surface area (Å²) in [5.74, 6) is 1.71. The smallest absolute Gasteiger partial charge is 0.325 e. The van der Waals surface area contributed by atoms with Gasteiger partial charge in [0.1, 0.15) is 17.2 Å². The molecule has 7 heteroatoms. The number of rotatable bonds is 3. The van der Waals surface area contributed by atoms with Gasteiger partial charge in [0.15, 0.2) is 5.72 Å². The van der Waals surface area contributed by atoms with Gasteiger partial charge >= 0.3 is 6.03 Å². The first-order valence-corrected chi connectivity index (χ1v) is 8.65. The molecule has 0 radical (unpaired) electrons. The van der Waals surface area contributed by atoms with Crippen LogP contribution in [0.2, 0.25) is 5.02 Å². The lowest BCUT2D eigenvalue weighted by molar-refractivity contribution is 0.0375. The molecule has 26 heavy (non-hydrogen) atoms. The van der Waals surface area contributed by atoms with Crippen molar-refractivity contribution in [1.29, 1.82) is 0 Å². The lowest BCUT2D eigenvalue weighted by Gasteiger charge is -2.50. The zero-order valence-corrected chi connectivity index (χ0v) is 15.5. The predicted octanol–water partition coefficient (Wildman–Crippen LogP) is 4.13. The molecule has 0 aromatic heterocycles. The van der Waals surface area contributed by atoms with Gasteiger partial charge in [0.2, 0.25) is 0 Å². The Balaban J connectivity index is 1.84. The molecule has 2 aromatic rings. The number of fused-ring (bicyclic) bond motifs is 4. The normalized spacial score (nSPS) is 23.6. The summed E-state index contributed by atoms with van der Waals surface area (Å²) >= 11 is 6.31. The lowest BCUT2D eigenvalue weighted by Crippen LogP contribution is -2.65. The quantitative estimate of drug-likeness (QED) is 0.877. The van der Waals surface area contributed by atoms with E-state index >= 15 is 0 Å². The van der Waals surface area contributed by atoms with E-state index < -0.39 is 5.72 Å². The molecule has 0 saturated carbocycles. The van der Waals surface area contributed by atoms with Gasteiger partial charge in [-0.05, 0) is 19.1 Å². The highest BCUT2D eigenvalue weighted by Gasteiger charge is 2.50. The topological polar surface area (TPSA) is 60.0 Å². The molecule has 4 rings (SSSR count). The van der Waals surface area contributed by atoms with Crippen LogP contribution in [-0.4, -0.2) is 26.0 Å². The number of ether oxygens (including phenoxy) is 3. The molecule has 2 atom stereocenters. The summed E-state index contributed by atoms with van der Waals surface area (Å²) in [5.41, 5.74) is 0.640. The highest BCUT2D eigenvalue weighted by atomic mass is 35.5. The summed E-state index contributed by atoms with van der Waals surface area (Å²) in [6.07, 6.45) is 0.600. The number of anilines is 1. The van der Waals surface area contributed by atoms with E-state index in [0.717, 1.165) is 11.3 Å². The van der Waals surface area contributed by atoms with E-state index in [1.165, 1.54) is 14.2 Å². The van der Waals surface area contributed by atoms with Gasteiger partial charge in [-0.1, -0.05) is 29.8 Å². The molecule has 1 N–H and O–H groups in total. The minimum atomic E-state index is -0.869. The number of halogens is 1. The second-order valence-corrected chi connectivity index (χ2v) is 6.92. The Morgan fingerprint density at radius 1 is 1.23 bits per heavy atom. The van der Waals surface area contributed by atoms with Crippen LogP contribution >= 0.6 is 11.6 Å². The third kappa shape index (κ3) is 2.44. The molecule has 2 heterocycles. The fraction of sp³-hybridized carbons (Fsp3) is 0.316. The largest absolute Gasteiger partial charge is 0.495 e. The number of para-hydroxylation sites is 1. The molecule has 0 spiro atoms. The number of hydrogen-bond donors (Lipinski definition) is 1. The molecule has 1 fully saturated rings. The number of benzene rings is 2. The lowest BCUT2D eigenvalue weighted by atomic mass is 9.90. The fourth-order valence-electron chi connectivity index (χ4n) is 3.71. The minimum Gasteiger partial charge on any atom is -0.495 e. The van der Waals surface area contributed by atoms with Crippen molar-refractivity contribution in [3.63, 3.8) is 0 Å². The van der Waals surface area contributed by atoms with Crippen LogP contribution < -0.4 is 24.4 Å². The van der Waals surface area contributed by atoms with Gasteiger partial charge in [-0.15, -0.1) is 0 Å². The van der Waals surface area contributed by atoms with Crippen molar-refractivity contribution < 1.29 is 19.0 Å². The van der Waals surface area contributed by atoms with E-state index in [1.807, 2.05) is 31.2 Å². The van der Waals surface area contributed by atoms with Crippen LogP contribution in [-0.2, 0) is 0 Å². The van der Waals surface area contributed by atoms with E-state index in [1.54, 1.807) is 17.0 Å². The maximum Gasteiger partial charge on any atom is 0.325 e. The third-order valence-electron chi connectivity index (χ3n) is 4.88. The van der Waals surface area contributed by atoms with Crippen LogP contribution in [0.25, 0.3) is 0 Å². The van der Waals surface area contributed by atoms with Crippen LogP contribution in [0.15, 0.2) is 36.4 Å². The summed E-state index contributed by atoms with van der Waals surface area (Å²) in [7, 11) is 3.07. The number of carbonyl (C=O) groups is 1. The SMILES string of the molecule is COc1cc(OC)c(N2C(=O)NC3CC2(C)Oc2ccccc23)cc1Cl. The molecule has 136 valence electrons. The molecule has 2 bridgehead atoms. The molecule has 2 aliphatic rings. The average Bonchev–Trinajstić information content (AvgIpc) is 2.61. The molecule has 2 aliphatic heterocycles. The van der Waals surface area contributed by atoms with Gasteiger partial charge in [0, 0.05) is 18.1 Å². The van der Waals surface area contributed by atoms with Crippen molar-refractivity contribution in [2.24, 2.45) is 0 Å². The first-order valence-electron chi connectivity index (χ1n) is 8.27. The van der Waals surface area contributed by atoms with Crippen LogP contribution in [0.1, 0.15) is 24.9 Å². The number of nitrogens with one attached hydrogen (secondary N) is 1. The zero-order chi connectivity index (χ0) is 18.5.